The zero-order valence-corrected chi connectivity index (χ0v) is 16.6. The Morgan fingerprint density at radius 3 is 0.762 bits per heavy atom. The van der Waals surface area contributed by atoms with E-state index in [0.717, 1.165) is 0 Å². The SMILES string of the molecule is CC1(C)CCCC(C)(C)[N-]1.CC1(C)CCCC(C)(C)[N-]1.[Fe+2]. The van der Waals surface area contributed by atoms with Crippen molar-refractivity contribution in [2.24, 2.45) is 0 Å². The number of hydrogen-bond donors (Lipinski definition) is 0. The van der Waals surface area contributed by atoms with Gasteiger partial charge in [-0.25, -0.2) is 0 Å². The van der Waals surface area contributed by atoms with Crippen LogP contribution in [0.4, 0.5) is 0 Å². The second-order valence-corrected chi connectivity index (χ2v) is 9.18. The zero-order valence-electron chi connectivity index (χ0n) is 15.5. The molecule has 21 heavy (non-hydrogen) atoms. The zero-order chi connectivity index (χ0) is 15.7. The van der Waals surface area contributed by atoms with Crippen LogP contribution < -0.4 is 0 Å². The second-order valence-electron chi connectivity index (χ2n) is 9.18. The van der Waals surface area contributed by atoms with Gasteiger partial charge in [0.05, 0.1) is 0 Å². The van der Waals surface area contributed by atoms with Gasteiger partial charge in [0.15, 0.2) is 0 Å². The average Bonchev–Trinajstić information content (AvgIpc) is 2.09. The van der Waals surface area contributed by atoms with Crippen molar-refractivity contribution < 1.29 is 17.1 Å². The first kappa shape index (κ1) is 21.4. The summed E-state index contributed by atoms with van der Waals surface area (Å²) in [5.74, 6) is 0. The van der Waals surface area contributed by atoms with E-state index in [2.05, 4.69) is 55.4 Å². The molecule has 0 spiro atoms. The minimum absolute atomic E-state index is 0. The predicted molar refractivity (Wildman–Crippen MR) is 90.7 cm³/mol. The van der Waals surface area contributed by atoms with E-state index < -0.39 is 0 Å². The van der Waals surface area contributed by atoms with Crippen molar-refractivity contribution in [3.05, 3.63) is 10.6 Å². The molecule has 0 saturated carbocycles. The number of rotatable bonds is 0. The summed E-state index contributed by atoms with van der Waals surface area (Å²) in [6, 6.07) is 0. The Kier molecular flexibility index (Phi) is 7.49. The molecule has 0 bridgehead atoms. The number of piperidine rings is 2. The van der Waals surface area contributed by atoms with Crippen LogP contribution >= 0.6 is 0 Å². The summed E-state index contributed by atoms with van der Waals surface area (Å²) in [6.07, 6.45) is 7.72. The van der Waals surface area contributed by atoms with E-state index in [1.807, 2.05) is 0 Å². The summed E-state index contributed by atoms with van der Waals surface area (Å²) in [5.41, 5.74) is 0.951. The van der Waals surface area contributed by atoms with Crippen molar-refractivity contribution in [1.82, 2.24) is 0 Å². The smallest absolute Gasteiger partial charge is 0.652 e. The minimum atomic E-state index is 0. The molecule has 0 aromatic rings. The maximum atomic E-state index is 4.75. The molecule has 0 radical (unpaired) electrons. The van der Waals surface area contributed by atoms with Gasteiger partial charge in [-0.15, -0.1) is 22.2 Å². The van der Waals surface area contributed by atoms with Crippen LogP contribution in [0.25, 0.3) is 10.6 Å². The standard InChI is InChI=1S/2C9H18N.Fe/c2*1-8(2)6-5-7-9(3,4)10-8;/h2*5-7H2,1-4H3;/q2*-1;+2. The number of nitrogens with zero attached hydrogens (tertiary/aromatic N) is 2. The molecule has 0 amide bonds. The maximum absolute atomic E-state index is 4.75. The first-order valence-corrected chi connectivity index (χ1v) is 8.31. The Bertz CT molecular complexity index is 259. The molecule has 3 heteroatoms. The van der Waals surface area contributed by atoms with E-state index in [-0.39, 0.29) is 39.2 Å². The molecule has 2 saturated heterocycles. The maximum Gasteiger partial charge on any atom is 2.00 e. The van der Waals surface area contributed by atoms with E-state index in [9.17, 15) is 0 Å². The van der Waals surface area contributed by atoms with E-state index in [0.29, 0.717) is 0 Å². The molecule has 2 nitrogen and oxygen atoms in total. The molecule has 0 N–H and O–H groups in total. The molecule has 2 aliphatic heterocycles. The summed E-state index contributed by atoms with van der Waals surface area (Å²) in [5, 5.41) is 9.49. The Hall–Kier alpha value is 0.439. The van der Waals surface area contributed by atoms with Gasteiger partial charge in [-0.1, -0.05) is 93.9 Å². The Balaban J connectivity index is 0.000000364. The molecule has 0 aromatic heterocycles. The summed E-state index contributed by atoms with van der Waals surface area (Å²) in [6.45, 7) is 17.8. The normalized spacial score (nSPS) is 28.6. The van der Waals surface area contributed by atoms with Gasteiger partial charge < -0.3 is 10.6 Å². The third kappa shape index (κ3) is 8.59. The van der Waals surface area contributed by atoms with Crippen molar-refractivity contribution in [2.45, 2.75) is 116 Å². The Labute approximate surface area is 144 Å². The van der Waals surface area contributed by atoms with E-state index in [1.165, 1.54) is 38.5 Å². The van der Waals surface area contributed by atoms with Gasteiger partial charge in [0, 0.05) is 0 Å². The first-order chi connectivity index (χ1) is 8.83. The van der Waals surface area contributed by atoms with Crippen LogP contribution in [0.1, 0.15) is 93.9 Å². The molecule has 126 valence electrons. The summed E-state index contributed by atoms with van der Waals surface area (Å²) in [7, 11) is 0. The summed E-state index contributed by atoms with van der Waals surface area (Å²) < 4.78 is 0. The Morgan fingerprint density at radius 1 is 0.476 bits per heavy atom. The summed E-state index contributed by atoms with van der Waals surface area (Å²) in [4.78, 5) is 0. The molecular formula is C18H36FeN2. The Morgan fingerprint density at radius 2 is 0.667 bits per heavy atom. The van der Waals surface area contributed by atoms with Crippen molar-refractivity contribution in [3.63, 3.8) is 0 Å². The van der Waals surface area contributed by atoms with E-state index in [4.69, 9.17) is 10.6 Å². The van der Waals surface area contributed by atoms with Gasteiger partial charge in [-0.3, -0.25) is 0 Å². The number of hydrogen-bond acceptors (Lipinski definition) is 0. The van der Waals surface area contributed by atoms with Crippen LogP contribution in [0.3, 0.4) is 0 Å². The predicted octanol–water partition coefficient (Wildman–Crippen LogP) is 6.20. The molecule has 0 atom stereocenters. The first-order valence-electron chi connectivity index (χ1n) is 8.31. The molecule has 0 aliphatic carbocycles. The third-order valence-corrected chi connectivity index (χ3v) is 4.36. The van der Waals surface area contributed by atoms with Crippen molar-refractivity contribution in [2.75, 3.05) is 0 Å². The fourth-order valence-corrected chi connectivity index (χ4v) is 3.77. The molecular weight excluding hydrogens is 300 g/mol. The fourth-order valence-electron chi connectivity index (χ4n) is 3.77. The molecule has 0 unspecified atom stereocenters. The van der Waals surface area contributed by atoms with Crippen molar-refractivity contribution in [3.8, 4) is 0 Å². The van der Waals surface area contributed by atoms with Crippen LogP contribution in [-0.4, -0.2) is 22.2 Å². The average molecular weight is 336 g/mol. The fraction of sp³-hybridized carbons (Fsp3) is 1.00. The third-order valence-electron chi connectivity index (χ3n) is 4.36. The molecule has 0 aromatic carbocycles. The molecule has 2 aliphatic rings. The van der Waals surface area contributed by atoms with Crippen LogP contribution in [0.5, 0.6) is 0 Å². The van der Waals surface area contributed by atoms with Gasteiger partial charge in [0.25, 0.3) is 0 Å². The molecule has 2 rings (SSSR count). The van der Waals surface area contributed by atoms with Crippen LogP contribution in [0, 0.1) is 0 Å². The topological polar surface area (TPSA) is 28.2 Å². The quantitative estimate of drug-likeness (QED) is 0.471. The largest absolute Gasteiger partial charge is 2.00 e. The van der Waals surface area contributed by atoms with Gasteiger partial charge in [0.1, 0.15) is 0 Å². The molecule has 2 fully saturated rings. The van der Waals surface area contributed by atoms with Gasteiger partial charge in [0.2, 0.25) is 0 Å². The van der Waals surface area contributed by atoms with Gasteiger partial charge in [-0.2, -0.15) is 0 Å². The van der Waals surface area contributed by atoms with Gasteiger partial charge >= 0.3 is 17.1 Å². The molecule has 2 heterocycles. The van der Waals surface area contributed by atoms with Crippen molar-refractivity contribution >= 4 is 0 Å². The monoisotopic (exact) mass is 336 g/mol. The second kappa shape index (κ2) is 7.34. The van der Waals surface area contributed by atoms with Crippen LogP contribution in [0.15, 0.2) is 0 Å². The van der Waals surface area contributed by atoms with E-state index in [1.54, 1.807) is 0 Å². The van der Waals surface area contributed by atoms with Crippen LogP contribution in [-0.2, 0) is 17.1 Å². The minimum Gasteiger partial charge on any atom is -0.652 e. The van der Waals surface area contributed by atoms with Crippen LogP contribution in [0.2, 0.25) is 0 Å². The van der Waals surface area contributed by atoms with Crippen molar-refractivity contribution in [1.29, 1.82) is 0 Å². The van der Waals surface area contributed by atoms with Gasteiger partial charge in [-0.05, 0) is 0 Å². The summed E-state index contributed by atoms with van der Waals surface area (Å²) >= 11 is 0. The van der Waals surface area contributed by atoms with E-state index >= 15 is 0 Å².